The molecular weight excluding hydrogens is 440 g/mol. The maximum absolute atomic E-state index is 12.8. The van der Waals surface area contributed by atoms with E-state index in [0.717, 1.165) is 16.9 Å². The Morgan fingerprint density at radius 1 is 0.941 bits per heavy atom. The molecule has 0 spiro atoms. The fraction of sp³-hybridized carbons (Fsp3) is 0.440. The van der Waals surface area contributed by atoms with Gasteiger partial charge in [0, 0.05) is 18.2 Å². The van der Waals surface area contributed by atoms with E-state index in [1.807, 2.05) is 37.3 Å². The van der Waals surface area contributed by atoms with Gasteiger partial charge in [-0.3, -0.25) is 9.59 Å². The number of hydrogen-bond acceptors (Lipinski definition) is 8. The van der Waals surface area contributed by atoms with Crippen LogP contribution in [0.5, 0.6) is 17.2 Å². The lowest BCUT2D eigenvalue weighted by Crippen LogP contribution is -2.32. The van der Waals surface area contributed by atoms with Crippen LogP contribution < -0.4 is 25.3 Å². The zero-order chi connectivity index (χ0) is 24.8. The highest BCUT2D eigenvalue weighted by atomic mass is 16.5. The number of ether oxygens (including phenoxy) is 5. The summed E-state index contributed by atoms with van der Waals surface area (Å²) in [5, 5.41) is 2.95. The Hall–Kier alpha value is -3.14. The first-order valence-electron chi connectivity index (χ1n) is 11.1. The summed E-state index contributed by atoms with van der Waals surface area (Å²) in [5.41, 5.74) is 6.87. The van der Waals surface area contributed by atoms with Crippen molar-refractivity contribution in [2.75, 3.05) is 53.8 Å². The fourth-order valence-corrected chi connectivity index (χ4v) is 3.25. The van der Waals surface area contributed by atoms with E-state index in [-0.39, 0.29) is 25.4 Å². The van der Waals surface area contributed by atoms with Crippen LogP contribution in [0.15, 0.2) is 42.5 Å². The Morgan fingerprint density at radius 2 is 1.65 bits per heavy atom. The largest absolute Gasteiger partial charge is 0.497 e. The summed E-state index contributed by atoms with van der Waals surface area (Å²) in [6.45, 7) is 3.75. The van der Waals surface area contributed by atoms with Gasteiger partial charge in [0.25, 0.3) is 0 Å². The Morgan fingerprint density at radius 3 is 2.29 bits per heavy atom. The molecule has 0 aromatic heterocycles. The number of nitrogens with one attached hydrogen (secondary N) is 1. The van der Waals surface area contributed by atoms with Crippen LogP contribution in [0.25, 0.3) is 0 Å². The van der Waals surface area contributed by atoms with E-state index in [0.29, 0.717) is 37.9 Å². The summed E-state index contributed by atoms with van der Waals surface area (Å²) in [4.78, 5) is 25.0. The monoisotopic (exact) mass is 474 g/mol. The van der Waals surface area contributed by atoms with E-state index in [1.165, 1.54) is 0 Å². The molecule has 0 fully saturated rings. The molecule has 1 atom stereocenters. The molecule has 186 valence electrons. The van der Waals surface area contributed by atoms with Crippen LogP contribution in [-0.4, -0.2) is 65.5 Å². The summed E-state index contributed by atoms with van der Waals surface area (Å²) >= 11 is 0. The maximum Gasteiger partial charge on any atom is 0.228 e. The van der Waals surface area contributed by atoms with Gasteiger partial charge in [0.15, 0.2) is 5.78 Å². The maximum atomic E-state index is 12.8. The first-order chi connectivity index (χ1) is 16.5. The topological polar surface area (TPSA) is 118 Å². The predicted molar refractivity (Wildman–Crippen MR) is 127 cm³/mol. The standard InChI is InChI=1S/C25H34N2O7/c1-4-34-20-7-5-18(6-8-20)25(22-10-9-21(30-2)16-23(22)31-3)27-24(29)15-19(28)17-33-14-13-32-12-11-26/h5-10,16,25H,4,11-15,17,26H2,1-3H3,(H,27,29). The highest BCUT2D eigenvalue weighted by molar-refractivity contribution is 5.98. The lowest BCUT2D eigenvalue weighted by Gasteiger charge is -2.22. The molecule has 1 unspecified atom stereocenters. The van der Waals surface area contributed by atoms with E-state index in [1.54, 1.807) is 26.4 Å². The van der Waals surface area contributed by atoms with Crippen molar-refractivity contribution in [3.05, 3.63) is 53.6 Å². The minimum Gasteiger partial charge on any atom is -0.497 e. The quantitative estimate of drug-likeness (QED) is 0.281. The average Bonchev–Trinajstić information content (AvgIpc) is 2.85. The molecular formula is C25H34N2O7. The zero-order valence-corrected chi connectivity index (χ0v) is 20.0. The van der Waals surface area contributed by atoms with E-state index >= 15 is 0 Å². The summed E-state index contributed by atoms with van der Waals surface area (Å²) in [7, 11) is 3.12. The number of Topliss-reactive ketones (excluding diaryl/α,β-unsaturated/α-hetero) is 1. The van der Waals surface area contributed by atoms with Crippen molar-refractivity contribution in [1.82, 2.24) is 5.32 Å². The Kier molecular flexibility index (Phi) is 11.9. The molecule has 9 heteroatoms. The van der Waals surface area contributed by atoms with E-state index in [2.05, 4.69) is 5.32 Å². The number of carbonyl (C=O) groups excluding carboxylic acids is 2. The van der Waals surface area contributed by atoms with Crippen molar-refractivity contribution < 1.29 is 33.3 Å². The minimum atomic E-state index is -0.553. The van der Waals surface area contributed by atoms with Gasteiger partial charge in [0.2, 0.25) is 5.91 Å². The van der Waals surface area contributed by atoms with E-state index in [9.17, 15) is 9.59 Å². The van der Waals surface area contributed by atoms with Gasteiger partial charge in [-0.2, -0.15) is 0 Å². The molecule has 0 saturated carbocycles. The van der Waals surface area contributed by atoms with Crippen molar-refractivity contribution in [1.29, 1.82) is 0 Å². The van der Waals surface area contributed by atoms with Crippen molar-refractivity contribution in [2.45, 2.75) is 19.4 Å². The Bertz CT molecular complexity index is 903. The molecule has 1 amide bonds. The van der Waals surface area contributed by atoms with Crippen LogP contribution in [0.1, 0.15) is 30.5 Å². The molecule has 34 heavy (non-hydrogen) atoms. The van der Waals surface area contributed by atoms with Crippen molar-refractivity contribution in [3.8, 4) is 17.2 Å². The second-order valence-corrected chi connectivity index (χ2v) is 7.28. The number of methoxy groups -OCH3 is 2. The molecule has 0 heterocycles. The highest BCUT2D eigenvalue weighted by Gasteiger charge is 2.22. The van der Waals surface area contributed by atoms with Crippen LogP contribution >= 0.6 is 0 Å². The molecule has 0 aliphatic carbocycles. The van der Waals surface area contributed by atoms with E-state index < -0.39 is 11.9 Å². The van der Waals surface area contributed by atoms with Crippen LogP contribution in [0.2, 0.25) is 0 Å². The lowest BCUT2D eigenvalue weighted by molar-refractivity contribution is -0.131. The first kappa shape index (κ1) is 27.1. The first-order valence-corrected chi connectivity index (χ1v) is 11.1. The smallest absolute Gasteiger partial charge is 0.228 e. The number of nitrogens with two attached hydrogens (primary N) is 1. The molecule has 2 rings (SSSR count). The van der Waals surface area contributed by atoms with Crippen LogP contribution in [0.4, 0.5) is 0 Å². The van der Waals surface area contributed by atoms with Gasteiger partial charge in [-0.1, -0.05) is 12.1 Å². The Labute approximate surface area is 200 Å². The summed E-state index contributed by atoms with van der Waals surface area (Å²) < 4.78 is 26.8. The third-order valence-electron chi connectivity index (χ3n) is 4.84. The number of rotatable bonds is 16. The van der Waals surface area contributed by atoms with Crippen LogP contribution in [0.3, 0.4) is 0 Å². The average molecular weight is 475 g/mol. The van der Waals surface area contributed by atoms with Gasteiger partial charge >= 0.3 is 0 Å². The minimum absolute atomic E-state index is 0.168. The molecule has 0 radical (unpaired) electrons. The van der Waals surface area contributed by atoms with Gasteiger partial charge < -0.3 is 34.7 Å². The van der Waals surface area contributed by atoms with Crippen LogP contribution in [-0.2, 0) is 19.1 Å². The SMILES string of the molecule is CCOc1ccc(C(NC(=O)CC(=O)COCCOCCN)c2ccc(OC)cc2OC)cc1. The van der Waals surface area contributed by atoms with Crippen molar-refractivity contribution in [3.63, 3.8) is 0 Å². The molecule has 3 N–H and O–H groups in total. The van der Waals surface area contributed by atoms with Gasteiger partial charge in [-0.05, 0) is 36.8 Å². The number of benzene rings is 2. The van der Waals surface area contributed by atoms with Gasteiger partial charge in [0.1, 0.15) is 23.9 Å². The number of amides is 1. The highest BCUT2D eigenvalue weighted by Crippen LogP contribution is 2.33. The van der Waals surface area contributed by atoms with Crippen molar-refractivity contribution in [2.24, 2.45) is 5.73 Å². The molecule has 9 nitrogen and oxygen atoms in total. The molecule has 0 aliphatic rings. The Balaban J connectivity index is 2.12. The normalized spacial score (nSPS) is 11.5. The van der Waals surface area contributed by atoms with Crippen LogP contribution in [0, 0.1) is 0 Å². The molecule has 2 aromatic carbocycles. The summed E-state index contributed by atoms with van der Waals surface area (Å²) in [6.07, 6.45) is -0.310. The van der Waals surface area contributed by atoms with Gasteiger partial charge in [0.05, 0.1) is 53.1 Å². The summed E-state index contributed by atoms with van der Waals surface area (Å²) in [5.74, 6) is 1.14. The molecule has 0 aliphatic heterocycles. The third kappa shape index (κ3) is 8.66. The van der Waals surface area contributed by atoms with E-state index in [4.69, 9.17) is 29.4 Å². The lowest BCUT2D eigenvalue weighted by atomic mass is 9.97. The van der Waals surface area contributed by atoms with Gasteiger partial charge in [-0.25, -0.2) is 0 Å². The number of ketones is 1. The number of carbonyl (C=O) groups is 2. The second-order valence-electron chi connectivity index (χ2n) is 7.28. The fourth-order valence-electron chi connectivity index (χ4n) is 3.25. The van der Waals surface area contributed by atoms with Crippen molar-refractivity contribution >= 4 is 11.7 Å². The summed E-state index contributed by atoms with van der Waals surface area (Å²) in [6, 6.07) is 12.2. The molecule has 2 aromatic rings. The number of hydrogen-bond donors (Lipinski definition) is 2. The molecule has 0 bridgehead atoms. The second kappa shape index (κ2) is 14.9. The zero-order valence-electron chi connectivity index (χ0n) is 20.0. The van der Waals surface area contributed by atoms with Gasteiger partial charge in [-0.15, -0.1) is 0 Å². The third-order valence-corrected chi connectivity index (χ3v) is 4.84. The molecule has 0 saturated heterocycles. The predicted octanol–water partition coefficient (Wildman–Crippen LogP) is 2.26.